The van der Waals surface area contributed by atoms with Gasteiger partial charge in [0.25, 0.3) is 11.8 Å². The zero-order valence-electron chi connectivity index (χ0n) is 14.1. The predicted octanol–water partition coefficient (Wildman–Crippen LogP) is 5.26. The highest BCUT2D eigenvalue weighted by atomic mass is 79.9. The van der Waals surface area contributed by atoms with E-state index in [4.69, 9.17) is 0 Å². The SMILES string of the molecule is Cc1cccc(C(=O)Nc2ccc(C(=O)Nc3cccc(Br)c3)cc2)c1. The first-order chi connectivity index (χ1) is 12.5. The molecular formula is C21H17BrN2O2. The number of hydrogen-bond acceptors (Lipinski definition) is 2. The maximum Gasteiger partial charge on any atom is 0.255 e. The summed E-state index contributed by atoms with van der Waals surface area (Å²) >= 11 is 3.37. The smallest absolute Gasteiger partial charge is 0.255 e. The third-order valence-corrected chi connectivity index (χ3v) is 4.26. The number of amides is 2. The lowest BCUT2D eigenvalue weighted by molar-refractivity contribution is 0.102. The molecule has 3 aromatic rings. The molecule has 0 aliphatic rings. The number of carbonyl (C=O) groups excluding carboxylic acids is 2. The molecule has 3 rings (SSSR count). The van der Waals surface area contributed by atoms with E-state index in [2.05, 4.69) is 26.6 Å². The van der Waals surface area contributed by atoms with E-state index in [0.29, 0.717) is 22.5 Å². The first-order valence-corrected chi connectivity index (χ1v) is 8.85. The van der Waals surface area contributed by atoms with Crippen LogP contribution in [0, 0.1) is 6.92 Å². The zero-order valence-corrected chi connectivity index (χ0v) is 15.7. The number of hydrogen-bond donors (Lipinski definition) is 2. The van der Waals surface area contributed by atoms with E-state index >= 15 is 0 Å². The number of benzene rings is 3. The van der Waals surface area contributed by atoms with Crippen molar-refractivity contribution in [2.75, 3.05) is 10.6 Å². The van der Waals surface area contributed by atoms with Crippen molar-refractivity contribution in [3.63, 3.8) is 0 Å². The molecule has 4 nitrogen and oxygen atoms in total. The normalized spacial score (nSPS) is 10.2. The number of carbonyl (C=O) groups is 2. The Kier molecular flexibility index (Phi) is 5.49. The van der Waals surface area contributed by atoms with E-state index in [9.17, 15) is 9.59 Å². The molecule has 0 aromatic heterocycles. The van der Waals surface area contributed by atoms with Gasteiger partial charge >= 0.3 is 0 Å². The van der Waals surface area contributed by atoms with Crippen molar-refractivity contribution in [2.45, 2.75) is 6.92 Å². The van der Waals surface area contributed by atoms with E-state index in [1.54, 1.807) is 30.3 Å². The number of halogens is 1. The summed E-state index contributed by atoms with van der Waals surface area (Å²) in [5.41, 5.74) is 3.48. The molecule has 0 aliphatic heterocycles. The molecule has 0 saturated heterocycles. The van der Waals surface area contributed by atoms with Crippen LogP contribution in [-0.4, -0.2) is 11.8 Å². The number of rotatable bonds is 4. The molecule has 2 N–H and O–H groups in total. The molecule has 2 amide bonds. The first-order valence-electron chi connectivity index (χ1n) is 8.06. The monoisotopic (exact) mass is 408 g/mol. The third kappa shape index (κ3) is 4.58. The lowest BCUT2D eigenvalue weighted by Crippen LogP contribution is -2.13. The highest BCUT2D eigenvalue weighted by molar-refractivity contribution is 9.10. The van der Waals surface area contributed by atoms with Crippen LogP contribution in [0.2, 0.25) is 0 Å². The van der Waals surface area contributed by atoms with Crippen LogP contribution < -0.4 is 10.6 Å². The minimum atomic E-state index is -0.209. The Hall–Kier alpha value is -2.92. The molecule has 0 heterocycles. The molecule has 0 bridgehead atoms. The lowest BCUT2D eigenvalue weighted by Gasteiger charge is -2.08. The quantitative estimate of drug-likeness (QED) is 0.618. The molecule has 0 aliphatic carbocycles. The van der Waals surface area contributed by atoms with E-state index in [1.807, 2.05) is 49.4 Å². The van der Waals surface area contributed by atoms with Crippen LogP contribution in [0.15, 0.2) is 77.3 Å². The summed E-state index contributed by atoms with van der Waals surface area (Å²) in [7, 11) is 0. The van der Waals surface area contributed by atoms with Crippen LogP contribution in [0.5, 0.6) is 0 Å². The second-order valence-corrected chi connectivity index (χ2v) is 6.78. The van der Waals surface area contributed by atoms with Gasteiger partial charge in [-0.2, -0.15) is 0 Å². The minimum Gasteiger partial charge on any atom is -0.322 e. The van der Waals surface area contributed by atoms with Crippen molar-refractivity contribution in [2.24, 2.45) is 0 Å². The maximum atomic E-state index is 12.3. The first kappa shape index (κ1) is 17.9. The molecule has 130 valence electrons. The number of aryl methyl sites for hydroxylation is 1. The topological polar surface area (TPSA) is 58.2 Å². The fourth-order valence-electron chi connectivity index (χ4n) is 2.46. The minimum absolute atomic E-state index is 0.181. The van der Waals surface area contributed by atoms with Crippen molar-refractivity contribution in [3.8, 4) is 0 Å². The van der Waals surface area contributed by atoms with Crippen LogP contribution in [0.1, 0.15) is 26.3 Å². The fourth-order valence-corrected chi connectivity index (χ4v) is 2.86. The van der Waals surface area contributed by atoms with Gasteiger partial charge in [0, 0.05) is 27.0 Å². The zero-order chi connectivity index (χ0) is 18.5. The van der Waals surface area contributed by atoms with Crippen molar-refractivity contribution >= 4 is 39.1 Å². The number of nitrogens with one attached hydrogen (secondary N) is 2. The summed E-state index contributed by atoms with van der Waals surface area (Å²) in [4.78, 5) is 24.6. The second kappa shape index (κ2) is 7.97. The summed E-state index contributed by atoms with van der Waals surface area (Å²) in [5, 5.41) is 5.67. The van der Waals surface area contributed by atoms with Gasteiger partial charge in [-0.15, -0.1) is 0 Å². The summed E-state index contributed by atoms with van der Waals surface area (Å²) in [6.07, 6.45) is 0. The van der Waals surface area contributed by atoms with E-state index in [-0.39, 0.29) is 11.8 Å². The van der Waals surface area contributed by atoms with Crippen LogP contribution >= 0.6 is 15.9 Å². The van der Waals surface area contributed by atoms with Gasteiger partial charge in [0.05, 0.1) is 0 Å². The van der Waals surface area contributed by atoms with Crippen molar-refractivity contribution in [1.29, 1.82) is 0 Å². The van der Waals surface area contributed by atoms with E-state index in [1.165, 1.54) is 0 Å². The van der Waals surface area contributed by atoms with E-state index < -0.39 is 0 Å². The molecule has 0 atom stereocenters. The molecule has 0 saturated carbocycles. The van der Waals surface area contributed by atoms with Gasteiger partial charge in [0.2, 0.25) is 0 Å². The maximum absolute atomic E-state index is 12.3. The molecule has 26 heavy (non-hydrogen) atoms. The molecule has 5 heteroatoms. The molecule has 0 unspecified atom stereocenters. The Morgan fingerprint density at radius 1 is 0.731 bits per heavy atom. The van der Waals surface area contributed by atoms with Crippen LogP contribution in [-0.2, 0) is 0 Å². The Balaban J connectivity index is 1.66. The van der Waals surface area contributed by atoms with Gasteiger partial charge in [-0.1, -0.05) is 39.7 Å². The molecular weight excluding hydrogens is 392 g/mol. The Morgan fingerprint density at radius 3 is 2.08 bits per heavy atom. The number of anilines is 2. The van der Waals surface area contributed by atoms with Gasteiger partial charge in [0.15, 0.2) is 0 Å². The predicted molar refractivity (Wildman–Crippen MR) is 108 cm³/mol. The van der Waals surface area contributed by atoms with Crippen LogP contribution in [0.4, 0.5) is 11.4 Å². The summed E-state index contributed by atoms with van der Waals surface area (Å²) in [6.45, 7) is 1.94. The molecule has 3 aromatic carbocycles. The average molecular weight is 409 g/mol. The Labute approximate surface area is 160 Å². The van der Waals surface area contributed by atoms with Crippen molar-refractivity contribution < 1.29 is 9.59 Å². The van der Waals surface area contributed by atoms with Gasteiger partial charge < -0.3 is 10.6 Å². The lowest BCUT2D eigenvalue weighted by atomic mass is 10.1. The molecule has 0 spiro atoms. The van der Waals surface area contributed by atoms with Crippen LogP contribution in [0.3, 0.4) is 0 Å². The standard InChI is InChI=1S/C21H17BrN2O2/c1-14-4-2-5-16(12-14)21(26)23-18-10-8-15(9-11-18)20(25)24-19-7-3-6-17(22)13-19/h2-13H,1H3,(H,23,26)(H,24,25). The summed E-state index contributed by atoms with van der Waals surface area (Å²) < 4.78 is 0.893. The van der Waals surface area contributed by atoms with Gasteiger partial charge in [0.1, 0.15) is 0 Å². The molecule has 0 radical (unpaired) electrons. The van der Waals surface area contributed by atoms with Crippen molar-refractivity contribution in [1.82, 2.24) is 0 Å². The highest BCUT2D eigenvalue weighted by Crippen LogP contribution is 2.17. The van der Waals surface area contributed by atoms with Crippen LogP contribution in [0.25, 0.3) is 0 Å². The van der Waals surface area contributed by atoms with Gasteiger partial charge in [-0.05, 0) is 61.5 Å². The van der Waals surface area contributed by atoms with Gasteiger partial charge in [-0.25, -0.2) is 0 Å². The Morgan fingerprint density at radius 2 is 1.38 bits per heavy atom. The summed E-state index contributed by atoms with van der Waals surface area (Å²) in [5.74, 6) is -0.389. The summed E-state index contributed by atoms with van der Waals surface area (Å²) in [6, 6.07) is 21.6. The largest absolute Gasteiger partial charge is 0.322 e. The Bertz CT molecular complexity index is 952. The van der Waals surface area contributed by atoms with E-state index in [0.717, 1.165) is 10.0 Å². The molecule has 0 fully saturated rings. The second-order valence-electron chi connectivity index (χ2n) is 5.87. The highest BCUT2D eigenvalue weighted by Gasteiger charge is 2.09. The third-order valence-electron chi connectivity index (χ3n) is 3.77. The average Bonchev–Trinajstić information content (AvgIpc) is 2.62. The van der Waals surface area contributed by atoms with Gasteiger partial charge in [-0.3, -0.25) is 9.59 Å². The fraction of sp³-hybridized carbons (Fsp3) is 0.0476. The van der Waals surface area contributed by atoms with Crippen molar-refractivity contribution in [3.05, 3.63) is 94.0 Å².